The van der Waals surface area contributed by atoms with Gasteiger partial charge in [-0.1, -0.05) is 54.6 Å². The third-order valence-electron chi connectivity index (χ3n) is 3.27. The van der Waals surface area contributed by atoms with Crippen LogP contribution >= 0.6 is 0 Å². The van der Waals surface area contributed by atoms with Crippen LogP contribution in [0.3, 0.4) is 0 Å². The summed E-state index contributed by atoms with van der Waals surface area (Å²) in [6, 6.07) is 19.1. The quantitative estimate of drug-likeness (QED) is 0.616. The van der Waals surface area contributed by atoms with Crippen molar-refractivity contribution in [3.63, 3.8) is 0 Å². The van der Waals surface area contributed by atoms with Crippen LogP contribution in [-0.2, 0) is 6.54 Å². The molecule has 1 aromatic heterocycles. The molecule has 0 aliphatic rings. The van der Waals surface area contributed by atoms with Gasteiger partial charge in [-0.25, -0.2) is 0 Å². The zero-order chi connectivity index (χ0) is 11.7. The molecule has 1 heterocycles. The molecule has 84 valence electrons. The van der Waals surface area contributed by atoms with E-state index in [1.807, 2.05) is 0 Å². The van der Waals surface area contributed by atoms with Gasteiger partial charge in [0.25, 0.3) is 0 Å². The van der Waals surface area contributed by atoms with Gasteiger partial charge >= 0.3 is 0 Å². The van der Waals surface area contributed by atoms with Gasteiger partial charge in [0.15, 0.2) is 0 Å². The first-order chi connectivity index (χ1) is 8.34. The minimum Gasteiger partial charge on any atom is -0.346 e. The Balaban J connectivity index is 2.04. The van der Waals surface area contributed by atoms with Crippen molar-refractivity contribution in [1.82, 2.24) is 4.57 Å². The second-order valence-electron chi connectivity index (χ2n) is 4.42. The second kappa shape index (κ2) is 4.10. The standard InChI is InChI=1S/C16H15N/c1-13-16-10-6-5-9-15(16)12-17(13)11-14-7-3-2-4-8-14/h2-10,12H,11H2,1H3. The predicted octanol–water partition coefficient (Wildman–Crippen LogP) is 4.00. The monoisotopic (exact) mass is 221 g/mol. The minimum atomic E-state index is 0.946. The highest BCUT2D eigenvalue weighted by atomic mass is 15.0. The average molecular weight is 221 g/mol. The third-order valence-corrected chi connectivity index (χ3v) is 3.27. The van der Waals surface area contributed by atoms with Crippen LogP contribution in [0.1, 0.15) is 11.3 Å². The van der Waals surface area contributed by atoms with Crippen LogP contribution in [0, 0.1) is 6.92 Å². The van der Waals surface area contributed by atoms with Crippen LogP contribution in [0.5, 0.6) is 0 Å². The molecule has 0 saturated heterocycles. The summed E-state index contributed by atoms with van der Waals surface area (Å²) in [5.74, 6) is 0. The smallest absolute Gasteiger partial charge is 0.0473 e. The van der Waals surface area contributed by atoms with Gasteiger partial charge in [0.2, 0.25) is 0 Å². The van der Waals surface area contributed by atoms with Crippen molar-refractivity contribution in [3.05, 3.63) is 72.1 Å². The number of hydrogen-bond acceptors (Lipinski definition) is 0. The molecular formula is C16H15N. The van der Waals surface area contributed by atoms with Gasteiger partial charge in [0.1, 0.15) is 0 Å². The van der Waals surface area contributed by atoms with Crippen molar-refractivity contribution in [2.45, 2.75) is 13.5 Å². The number of rotatable bonds is 2. The number of benzene rings is 2. The lowest BCUT2D eigenvalue weighted by atomic mass is 10.2. The van der Waals surface area contributed by atoms with Crippen LogP contribution in [0.4, 0.5) is 0 Å². The normalized spacial score (nSPS) is 10.9. The van der Waals surface area contributed by atoms with E-state index in [-0.39, 0.29) is 0 Å². The number of aryl methyl sites for hydroxylation is 1. The molecule has 0 unspecified atom stereocenters. The maximum atomic E-state index is 2.32. The summed E-state index contributed by atoms with van der Waals surface area (Å²) in [5.41, 5.74) is 2.68. The molecule has 0 radical (unpaired) electrons. The van der Waals surface area contributed by atoms with E-state index in [2.05, 4.69) is 72.3 Å². The Morgan fingerprint density at radius 1 is 0.882 bits per heavy atom. The number of fused-ring (bicyclic) bond motifs is 1. The highest BCUT2D eigenvalue weighted by Gasteiger charge is 2.04. The van der Waals surface area contributed by atoms with Crippen molar-refractivity contribution in [1.29, 1.82) is 0 Å². The molecule has 0 N–H and O–H groups in total. The van der Waals surface area contributed by atoms with Crippen molar-refractivity contribution in [3.8, 4) is 0 Å². The summed E-state index contributed by atoms with van der Waals surface area (Å²) in [7, 11) is 0. The summed E-state index contributed by atoms with van der Waals surface area (Å²) in [5, 5.41) is 2.67. The summed E-state index contributed by atoms with van der Waals surface area (Å²) < 4.78 is 2.32. The van der Waals surface area contributed by atoms with Gasteiger partial charge in [0, 0.05) is 23.8 Å². The van der Waals surface area contributed by atoms with Gasteiger partial charge in [-0.2, -0.15) is 0 Å². The largest absolute Gasteiger partial charge is 0.346 e. The van der Waals surface area contributed by atoms with E-state index in [1.165, 1.54) is 22.0 Å². The SMILES string of the molecule is Cc1c2ccccc2cn1Cc1ccccc1. The molecule has 3 rings (SSSR count). The molecule has 0 spiro atoms. The second-order valence-corrected chi connectivity index (χ2v) is 4.42. The summed E-state index contributed by atoms with van der Waals surface area (Å²) in [6.07, 6.45) is 2.23. The van der Waals surface area contributed by atoms with Crippen molar-refractivity contribution >= 4 is 10.8 Å². The van der Waals surface area contributed by atoms with Gasteiger partial charge in [-0.3, -0.25) is 0 Å². The third kappa shape index (κ3) is 1.84. The molecule has 1 nitrogen and oxygen atoms in total. The van der Waals surface area contributed by atoms with E-state index >= 15 is 0 Å². The van der Waals surface area contributed by atoms with E-state index in [9.17, 15) is 0 Å². The van der Waals surface area contributed by atoms with E-state index < -0.39 is 0 Å². The molecule has 0 saturated carbocycles. The Morgan fingerprint density at radius 2 is 1.59 bits per heavy atom. The zero-order valence-electron chi connectivity index (χ0n) is 9.93. The van der Waals surface area contributed by atoms with Gasteiger partial charge in [-0.05, 0) is 17.9 Å². The molecule has 3 aromatic rings. The lowest BCUT2D eigenvalue weighted by Crippen LogP contribution is -1.99. The Hall–Kier alpha value is -2.02. The van der Waals surface area contributed by atoms with Gasteiger partial charge in [-0.15, -0.1) is 0 Å². The first-order valence-corrected chi connectivity index (χ1v) is 5.93. The number of hydrogen-bond donors (Lipinski definition) is 0. The molecule has 0 atom stereocenters. The Labute approximate surface area is 101 Å². The van der Waals surface area contributed by atoms with Crippen molar-refractivity contribution < 1.29 is 0 Å². The first kappa shape index (κ1) is 10.2. The summed E-state index contributed by atoms with van der Waals surface area (Å²) in [6.45, 7) is 3.13. The molecule has 17 heavy (non-hydrogen) atoms. The molecule has 0 aliphatic heterocycles. The Kier molecular flexibility index (Phi) is 2.45. The predicted molar refractivity (Wildman–Crippen MR) is 72.2 cm³/mol. The van der Waals surface area contributed by atoms with E-state index in [0.29, 0.717) is 0 Å². The topological polar surface area (TPSA) is 4.93 Å². The molecule has 0 amide bonds. The zero-order valence-corrected chi connectivity index (χ0v) is 9.93. The van der Waals surface area contributed by atoms with Crippen LogP contribution in [0.2, 0.25) is 0 Å². The van der Waals surface area contributed by atoms with Crippen molar-refractivity contribution in [2.24, 2.45) is 0 Å². The van der Waals surface area contributed by atoms with Crippen LogP contribution in [0.15, 0.2) is 60.8 Å². The van der Waals surface area contributed by atoms with Crippen molar-refractivity contribution in [2.75, 3.05) is 0 Å². The highest BCUT2D eigenvalue weighted by Crippen LogP contribution is 2.21. The van der Waals surface area contributed by atoms with Crippen LogP contribution in [0.25, 0.3) is 10.8 Å². The lowest BCUT2D eigenvalue weighted by Gasteiger charge is -2.05. The maximum Gasteiger partial charge on any atom is 0.0473 e. The van der Waals surface area contributed by atoms with Gasteiger partial charge in [0.05, 0.1) is 0 Å². The fraction of sp³-hybridized carbons (Fsp3) is 0.125. The van der Waals surface area contributed by atoms with Crippen LogP contribution < -0.4 is 0 Å². The Morgan fingerprint density at radius 3 is 2.35 bits per heavy atom. The lowest BCUT2D eigenvalue weighted by molar-refractivity contribution is 0.781. The molecule has 0 bridgehead atoms. The summed E-state index contributed by atoms with van der Waals surface area (Å²) in [4.78, 5) is 0. The number of aromatic nitrogens is 1. The van der Waals surface area contributed by atoms with E-state index in [1.54, 1.807) is 0 Å². The molecule has 1 heteroatoms. The average Bonchev–Trinajstić information content (AvgIpc) is 2.68. The fourth-order valence-corrected chi connectivity index (χ4v) is 2.30. The molecule has 0 fully saturated rings. The summed E-state index contributed by atoms with van der Waals surface area (Å²) >= 11 is 0. The molecular weight excluding hydrogens is 206 g/mol. The number of nitrogens with zero attached hydrogens (tertiary/aromatic N) is 1. The molecule has 0 aliphatic carbocycles. The highest BCUT2D eigenvalue weighted by molar-refractivity contribution is 5.85. The Bertz CT molecular complexity index is 635. The van der Waals surface area contributed by atoms with Gasteiger partial charge < -0.3 is 4.57 Å². The maximum absolute atomic E-state index is 2.32. The first-order valence-electron chi connectivity index (χ1n) is 5.93. The minimum absolute atomic E-state index is 0.946. The fourth-order valence-electron chi connectivity index (χ4n) is 2.30. The van der Waals surface area contributed by atoms with Crippen LogP contribution in [-0.4, -0.2) is 4.57 Å². The van der Waals surface area contributed by atoms with E-state index in [0.717, 1.165) is 6.54 Å². The molecule has 2 aromatic carbocycles. The van der Waals surface area contributed by atoms with E-state index in [4.69, 9.17) is 0 Å².